The van der Waals surface area contributed by atoms with Crippen LogP contribution >= 0.6 is 0 Å². The summed E-state index contributed by atoms with van der Waals surface area (Å²) in [5.74, 6) is 0.815. The van der Waals surface area contributed by atoms with Crippen LogP contribution in [-0.4, -0.2) is 27.1 Å². The minimum Gasteiger partial charge on any atom is -0.494 e. The fourth-order valence-corrected chi connectivity index (χ4v) is 4.20. The van der Waals surface area contributed by atoms with Crippen LogP contribution in [0.5, 0.6) is 5.75 Å². The van der Waals surface area contributed by atoms with Gasteiger partial charge in [0.1, 0.15) is 5.75 Å². The lowest BCUT2D eigenvalue weighted by Crippen LogP contribution is -2.29. The SMILES string of the molecule is CCOc1ccc(C(NC(=O)CCc2c(C)nc3cc(C)nn3c2C)c2ccccc2)cc1. The normalized spacial score (nSPS) is 12.0. The first-order valence-corrected chi connectivity index (χ1v) is 11.4. The van der Waals surface area contributed by atoms with E-state index in [0.717, 1.165) is 45.2 Å². The van der Waals surface area contributed by atoms with Gasteiger partial charge in [0.2, 0.25) is 5.91 Å². The topological polar surface area (TPSA) is 68.5 Å². The van der Waals surface area contributed by atoms with Crippen molar-refractivity contribution >= 4 is 11.6 Å². The van der Waals surface area contributed by atoms with Crippen LogP contribution in [0.4, 0.5) is 0 Å². The van der Waals surface area contributed by atoms with Gasteiger partial charge in [0.15, 0.2) is 5.65 Å². The monoisotopic (exact) mass is 442 g/mol. The molecule has 6 heteroatoms. The van der Waals surface area contributed by atoms with E-state index in [2.05, 4.69) is 15.4 Å². The maximum Gasteiger partial charge on any atom is 0.221 e. The van der Waals surface area contributed by atoms with E-state index < -0.39 is 0 Å². The number of rotatable bonds is 8. The van der Waals surface area contributed by atoms with Gasteiger partial charge in [-0.15, -0.1) is 0 Å². The molecule has 0 saturated carbocycles. The fourth-order valence-electron chi connectivity index (χ4n) is 4.20. The Labute approximate surface area is 194 Å². The molecule has 1 N–H and O–H groups in total. The zero-order valence-corrected chi connectivity index (χ0v) is 19.6. The molecule has 0 aliphatic rings. The number of nitrogens with zero attached hydrogens (tertiary/aromatic N) is 3. The Bertz CT molecular complexity index is 1250. The summed E-state index contributed by atoms with van der Waals surface area (Å²) < 4.78 is 7.43. The predicted molar refractivity (Wildman–Crippen MR) is 130 cm³/mol. The smallest absolute Gasteiger partial charge is 0.221 e. The first kappa shape index (κ1) is 22.5. The van der Waals surface area contributed by atoms with E-state index in [-0.39, 0.29) is 11.9 Å². The first-order chi connectivity index (χ1) is 16.0. The highest BCUT2D eigenvalue weighted by Gasteiger charge is 2.18. The van der Waals surface area contributed by atoms with E-state index in [1.165, 1.54) is 0 Å². The zero-order valence-electron chi connectivity index (χ0n) is 19.6. The molecule has 0 aliphatic carbocycles. The average molecular weight is 443 g/mol. The summed E-state index contributed by atoms with van der Waals surface area (Å²) in [6, 6.07) is 19.7. The average Bonchev–Trinajstić information content (AvgIpc) is 3.19. The van der Waals surface area contributed by atoms with Crippen molar-refractivity contribution in [2.45, 2.75) is 46.6 Å². The second-order valence-electron chi connectivity index (χ2n) is 8.23. The summed E-state index contributed by atoms with van der Waals surface area (Å²) in [7, 11) is 0. The lowest BCUT2D eigenvalue weighted by Gasteiger charge is -2.20. The molecule has 2 heterocycles. The molecule has 6 nitrogen and oxygen atoms in total. The number of carbonyl (C=O) groups is 1. The molecule has 0 fully saturated rings. The van der Waals surface area contributed by atoms with Gasteiger partial charge in [-0.05, 0) is 62.9 Å². The van der Waals surface area contributed by atoms with Crippen LogP contribution < -0.4 is 10.1 Å². The van der Waals surface area contributed by atoms with Crippen LogP contribution in [0, 0.1) is 20.8 Å². The van der Waals surface area contributed by atoms with Crippen LogP contribution in [-0.2, 0) is 11.2 Å². The molecule has 4 rings (SSSR count). The number of hydrogen-bond acceptors (Lipinski definition) is 4. The Morgan fingerprint density at radius 2 is 1.73 bits per heavy atom. The maximum absolute atomic E-state index is 13.1. The lowest BCUT2D eigenvalue weighted by molar-refractivity contribution is -0.121. The van der Waals surface area contributed by atoms with E-state index in [0.29, 0.717) is 19.4 Å². The van der Waals surface area contributed by atoms with Crippen LogP contribution in [0.2, 0.25) is 0 Å². The third-order valence-electron chi connectivity index (χ3n) is 5.85. The van der Waals surface area contributed by atoms with Gasteiger partial charge in [-0.25, -0.2) is 9.50 Å². The van der Waals surface area contributed by atoms with Gasteiger partial charge in [-0.2, -0.15) is 5.10 Å². The number of carbonyl (C=O) groups excluding carboxylic acids is 1. The van der Waals surface area contributed by atoms with Crippen molar-refractivity contribution < 1.29 is 9.53 Å². The summed E-state index contributed by atoms with van der Waals surface area (Å²) in [5, 5.41) is 7.76. The molecular formula is C27H30N4O2. The van der Waals surface area contributed by atoms with E-state index in [4.69, 9.17) is 4.74 Å². The van der Waals surface area contributed by atoms with Crippen molar-refractivity contribution in [1.82, 2.24) is 19.9 Å². The molecule has 4 aromatic rings. The van der Waals surface area contributed by atoms with E-state index in [9.17, 15) is 4.79 Å². The second kappa shape index (κ2) is 9.86. The number of hydrogen-bond donors (Lipinski definition) is 1. The van der Waals surface area contributed by atoms with E-state index >= 15 is 0 Å². The summed E-state index contributed by atoms with van der Waals surface area (Å²) in [5.41, 5.74) is 6.87. The van der Waals surface area contributed by atoms with Gasteiger partial charge in [0.25, 0.3) is 0 Å². The zero-order chi connectivity index (χ0) is 23.4. The van der Waals surface area contributed by atoms with Crippen LogP contribution in [0.25, 0.3) is 5.65 Å². The molecule has 1 unspecified atom stereocenters. The van der Waals surface area contributed by atoms with Crippen molar-refractivity contribution in [3.05, 3.63) is 94.4 Å². The van der Waals surface area contributed by atoms with E-state index in [1.54, 1.807) is 0 Å². The largest absolute Gasteiger partial charge is 0.494 e. The Morgan fingerprint density at radius 3 is 2.42 bits per heavy atom. The number of aryl methyl sites for hydroxylation is 3. The molecule has 2 aromatic heterocycles. The van der Waals surface area contributed by atoms with Crippen molar-refractivity contribution in [3.8, 4) is 5.75 Å². The molecule has 1 atom stereocenters. The van der Waals surface area contributed by atoms with Gasteiger partial charge in [-0.3, -0.25) is 4.79 Å². The third kappa shape index (κ3) is 5.06. The highest BCUT2D eigenvalue weighted by Crippen LogP contribution is 2.25. The number of aromatic nitrogens is 3. The highest BCUT2D eigenvalue weighted by atomic mass is 16.5. The quantitative estimate of drug-likeness (QED) is 0.422. The van der Waals surface area contributed by atoms with Crippen LogP contribution in [0.15, 0.2) is 60.7 Å². The number of benzene rings is 2. The molecule has 0 bridgehead atoms. The molecular weight excluding hydrogens is 412 g/mol. The van der Waals surface area contributed by atoms with Gasteiger partial charge in [0, 0.05) is 23.9 Å². The van der Waals surface area contributed by atoms with Crippen molar-refractivity contribution in [1.29, 1.82) is 0 Å². The first-order valence-electron chi connectivity index (χ1n) is 11.4. The maximum atomic E-state index is 13.1. The fraction of sp³-hybridized carbons (Fsp3) is 0.296. The molecule has 2 aromatic carbocycles. The summed E-state index contributed by atoms with van der Waals surface area (Å²) in [6.45, 7) is 8.57. The Kier molecular flexibility index (Phi) is 6.73. The number of ether oxygens (including phenoxy) is 1. The molecule has 33 heavy (non-hydrogen) atoms. The van der Waals surface area contributed by atoms with Gasteiger partial charge >= 0.3 is 0 Å². The third-order valence-corrected chi connectivity index (χ3v) is 5.85. The molecule has 0 aliphatic heterocycles. The number of fused-ring (bicyclic) bond motifs is 1. The predicted octanol–water partition coefficient (Wildman–Crippen LogP) is 4.89. The highest BCUT2D eigenvalue weighted by molar-refractivity contribution is 5.77. The van der Waals surface area contributed by atoms with Gasteiger partial charge in [-0.1, -0.05) is 42.5 Å². The van der Waals surface area contributed by atoms with Crippen molar-refractivity contribution in [2.75, 3.05) is 6.61 Å². The molecule has 0 spiro atoms. The number of nitrogens with one attached hydrogen (secondary N) is 1. The standard InChI is InChI=1S/C27H30N4O2/c1-5-33-23-13-11-22(12-14-23)27(21-9-7-6-8-10-21)29-26(32)16-15-24-19(3)28-25-17-18(2)30-31(25)20(24)4/h6-14,17,27H,5,15-16H2,1-4H3,(H,29,32). The summed E-state index contributed by atoms with van der Waals surface area (Å²) in [6.07, 6.45) is 0.978. The van der Waals surface area contributed by atoms with Gasteiger partial charge < -0.3 is 10.1 Å². The Morgan fingerprint density at radius 1 is 1.03 bits per heavy atom. The van der Waals surface area contributed by atoms with Crippen LogP contribution in [0.3, 0.4) is 0 Å². The van der Waals surface area contributed by atoms with Crippen molar-refractivity contribution in [3.63, 3.8) is 0 Å². The minimum absolute atomic E-state index is 0.00622. The summed E-state index contributed by atoms with van der Waals surface area (Å²) in [4.78, 5) is 17.7. The molecule has 0 saturated heterocycles. The Balaban J connectivity index is 1.52. The van der Waals surface area contributed by atoms with Crippen molar-refractivity contribution in [2.24, 2.45) is 0 Å². The molecule has 0 radical (unpaired) electrons. The molecule has 170 valence electrons. The van der Waals surface area contributed by atoms with Crippen LogP contribution in [0.1, 0.15) is 53.2 Å². The second-order valence-corrected chi connectivity index (χ2v) is 8.23. The molecule has 1 amide bonds. The lowest BCUT2D eigenvalue weighted by atomic mass is 9.98. The summed E-state index contributed by atoms with van der Waals surface area (Å²) >= 11 is 0. The number of amides is 1. The minimum atomic E-state index is -0.231. The van der Waals surface area contributed by atoms with E-state index in [1.807, 2.05) is 92.9 Å². The van der Waals surface area contributed by atoms with Gasteiger partial charge in [0.05, 0.1) is 18.3 Å². The Hall–Kier alpha value is -3.67.